The van der Waals surface area contributed by atoms with E-state index in [4.69, 9.17) is 4.74 Å². The van der Waals surface area contributed by atoms with Gasteiger partial charge in [-0.1, -0.05) is 30.3 Å². The van der Waals surface area contributed by atoms with Gasteiger partial charge in [0.2, 0.25) is 11.8 Å². The predicted octanol–water partition coefficient (Wildman–Crippen LogP) is 3.50. The molecule has 2 amide bonds. The molecule has 2 aromatic carbocycles. The summed E-state index contributed by atoms with van der Waals surface area (Å²) in [5.41, 5.74) is 1.91. The molecule has 0 bridgehead atoms. The first-order chi connectivity index (χ1) is 13.0. The van der Waals surface area contributed by atoms with Gasteiger partial charge in [-0.25, -0.2) is 0 Å². The second-order valence-corrected chi connectivity index (χ2v) is 7.16. The van der Waals surface area contributed by atoms with Gasteiger partial charge in [0.1, 0.15) is 5.75 Å². The molecule has 1 aliphatic heterocycles. The number of hydrogen-bond donors (Lipinski definition) is 1. The van der Waals surface area contributed by atoms with Gasteiger partial charge in [0.25, 0.3) is 0 Å². The number of ether oxygens (including phenoxy) is 1. The van der Waals surface area contributed by atoms with Crippen LogP contribution in [0.15, 0.2) is 54.6 Å². The third kappa shape index (κ3) is 5.33. The molecule has 1 saturated heterocycles. The first-order valence-electron chi connectivity index (χ1n) is 9.40. The van der Waals surface area contributed by atoms with Crippen LogP contribution in [0.4, 0.5) is 5.69 Å². The van der Waals surface area contributed by atoms with Gasteiger partial charge in [-0.05, 0) is 50.1 Å². The minimum absolute atomic E-state index is 0.0479. The molecule has 5 nitrogen and oxygen atoms in total. The van der Waals surface area contributed by atoms with Crippen molar-refractivity contribution in [3.8, 4) is 5.75 Å². The maximum atomic E-state index is 12.5. The second-order valence-electron chi connectivity index (χ2n) is 7.16. The van der Waals surface area contributed by atoms with Crippen molar-refractivity contribution in [3.63, 3.8) is 0 Å². The average Bonchev–Trinajstić information content (AvgIpc) is 3.03. The van der Waals surface area contributed by atoms with Crippen LogP contribution in [0.25, 0.3) is 0 Å². The standard InChI is InChI=1S/C22H26N2O3/c1-16(2)27-20-10-8-19(9-11-20)23-22(26)18-14-21(25)24(15-18)13-12-17-6-4-3-5-7-17/h3-11,16,18H,12-15H2,1-2H3,(H,23,26). The van der Waals surface area contributed by atoms with Crippen molar-refractivity contribution in [1.82, 2.24) is 4.90 Å². The molecule has 1 heterocycles. The van der Waals surface area contributed by atoms with Crippen LogP contribution in [-0.2, 0) is 16.0 Å². The summed E-state index contributed by atoms with van der Waals surface area (Å²) >= 11 is 0. The van der Waals surface area contributed by atoms with Gasteiger partial charge in [-0.3, -0.25) is 9.59 Å². The quantitative estimate of drug-likeness (QED) is 0.816. The highest BCUT2D eigenvalue weighted by Gasteiger charge is 2.33. The normalized spacial score (nSPS) is 16.6. The molecule has 1 atom stereocenters. The van der Waals surface area contributed by atoms with Gasteiger partial charge in [0.05, 0.1) is 12.0 Å². The lowest BCUT2D eigenvalue weighted by Crippen LogP contribution is -2.30. The van der Waals surface area contributed by atoms with Crippen LogP contribution < -0.4 is 10.1 Å². The van der Waals surface area contributed by atoms with E-state index in [-0.39, 0.29) is 30.3 Å². The molecule has 1 unspecified atom stereocenters. The molecule has 27 heavy (non-hydrogen) atoms. The molecular formula is C22H26N2O3. The SMILES string of the molecule is CC(C)Oc1ccc(NC(=O)C2CC(=O)N(CCc3ccccc3)C2)cc1. The van der Waals surface area contributed by atoms with E-state index in [1.165, 1.54) is 5.56 Å². The molecule has 1 aliphatic rings. The van der Waals surface area contributed by atoms with Crippen LogP contribution in [0.2, 0.25) is 0 Å². The zero-order valence-electron chi connectivity index (χ0n) is 15.9. The summed E-state index contributed by atoms with van der Waals surface area (Å²) in [4.78, 5) is 26.5. The summed E-state index contributed by atoms with van der Waals surface area (Å²) < 4.78 is 5.60. The van der Waals surface area contributed by atoms with Gasteiger partial charge in [0.15, 0.2) is 0 Å². The Morgan fingerprint density at radius 3 is 2.52 bits per heavy atom. The van der Waals surface area contributed by atoms with E-state index in [2.05, 4.69) is 17.4 Å². The van der Waals surface area contributed by atoms with Gasteiger partial charge >= 0.3 is 0 Å². The summed E-state index contributed by atoms with van der Waals surface area (Å²) in [5, 5.41) is 2.91. The Morgan fingerprint density at radius 2 is 1.85 bits per heavy atom. The van der Waals surface area contributed by atoms with Gasteiger partial charge < -0.3 is 15.0 Å². The van der Waals surface area contributed by atoms with E-state index >= 15 is 0 Å². The molecule has 0 saturated carbocycles. The molecule has 0 aromatic heterocycles. The monoisotopic (exact) mass is 366 g/mol. The van der Waals surface area contributed by atoms with E-state index < -0.39 is 0 Å². The third-order valence-corrected chi connectivity index (χ3v) is 4.59. The van der Waals surface area contributed by atoms with E-state index in [1.807, 2.05) is 56.3 Å². The van der Waals surface area contributed by atoms with Crippen molar-refractivity contribution in [1.29, 1.82) is 0 Å². The number of carbonyl (C=O) groups is 2. The summed E-state index contributed by atoms with van der Waals surface area (Å²) in [6.45, 7) is 5.06. The van der Waals surface area contributed by atoms with Crippen LogP contribution in [-0.4, -0.2) is 35.9 Å². The van der Waals surface area contributed by atoms with Crippen LogP contribution in [0.1, 0.15) is 25.8 Å². The Hall–Kier alpha value is -2.82. The third-order valence-electron chi connectivity index (χ3n) is 4.59. The Bertz CT molecular complexity index is 772. The number of nitrogens with one attached hydrogen (secondary N) is 1. The number of likely N-dealkylation sites (tertiary alicyclic amines) is 1. The van der Waals surface area contributed by atoms with E-state index in [0.29, 0.717) is 18.8 Å². The van der Waals surface area contributed by atoms with Crippen molar-refractivity contribution in [2.24, 2.45) is 5.92 Å². The van der Waals surface area contributed by atoms with Crippen LogP contribution in [0.5, 0.6) is 5.75 Å². The van der Waals surface area contributed by atoms with Gasteiger partial charge in [0, 0.05) is 25.2 Å². The van der Waals surface area contributed by atoms with Gasteiger partial charge in [-0.15, -0.1) is 0 Å². The number of anilines is 1. The number of rotatable bonds is 7. The maximum absolute atomic E-state index is 12.5. The minimum atomic E-state index is -0.306. The van der Waals surface area contributed by atoms with Crippen molar-refractivity contribution in [2.45, 2.75) is 32.8 Å². The fraction of sp³-hybridized carbons (Fsp3) is 0.364. The minimum Gasteiger partial charge on any atom is -0.491 e. The fourth-order valence-electron chi connectivity index (χ4n) is 3.21. The summed E-state index contributed by atoms with van der Waals surface area (Å²) in [6, 6.07) is 17.4. The average molecular weight is 366 g/mol. The Kier molecular flexibility index (Phi) is 6.12. The summed E-state index contributed by atoms with van der Waals surface area (Å²) in [5.74, 6) is 0.404. The molecule has 2 aromatic rings. The first kappa shape index (κ1) is 19.0. The predicted molar refractivity (Wildman–Crippen MR) is 106 cm³/mol. The Labute approximate surface area is 160 Å². The molecular weight excluding hydrogens is 340 g/mol. The highest BCUT2D eigenvalue weighted by atomic mass is 16.5. The summed E-state index contributed by atoms with van der Waals surface area (Å²) in [7, 11) is 0. The zero-order chi connectivity index (χ0) is 19.2. The number of hydrogen-bond acceptors (Lipinski definition) is 3. The van der Waals surface area contributed by atoms with E-state index in [0.717, 1.165) is 12.2 Å². The first-order valence-corrected chi connectivity index (χ1v) is 9.40. The van der Waals surface area contributed by atoms with E-state index in [1.54, 1.807) is 4.90 Å². The Balaban J connectivity index is 1.51. The lowest BCUT2D eigenvalue weighted by molar-refractivity contribution is -0.128. The number of nitrogens with zero attached hydrogens (tertiary/aromatic N) is 1. The van der Waals surface area contributed by atoms with Crippen molar-refractivity contribution < 1.29 is 14.3 Å². The highest BCUT2D eigenvalue weighted by molar-refractivity contribution is 5.97. The molecule has 1 N–H and O–H groups in total. The number of carbonyl (C=O) groups excluding carboxylic acids is 2. The largest absolute Gasteiger partial charge is 0.491 e. The van der Waals surface area contributed by atoms with Crippen molar-refractivity contribution in [2.75, 3.05) is 18.4 Å². The molecule has 142 valence electrons. The lowest BCUT2D eigenvalue weighted by atomic mass is 10.1. The van der Waals surface area contributed by atoms with Crippen LogP contribution in [0.3, 0.4) is 0 Å². The molecule has 0 aliphatic carbocycles. The topological polar surface area (TPSA) is 58.6 Å². The molecule has 1 fully saturated rings. The fourth-order valence-corrected chi connectivity index (χ4v) is 3.21. The molecule has 5 heteroatoms. The second kappa shape index (κ2) is 8.71. The van der Waals surface area contributed by atoms with Crippen molar-refractivity contribution in [3.05, 3.63) is 60.2 Å². The number of amides is 2. The van der Waals surface area contributed by atoms with E-state index in [9.17, 15) is 9.59 Å². The highest BCUT2D eigenvalue weighted by Crippen LogP contribution is 2.22. The lowest BCUT2D eigenvalue weighted by Gasteiger charge is -2.16. The molecule has 0 spiro atoms. The maximum Gasteiger partial charge on any atom is 0.229 e. The smallest absolute Gasteiger partial charge is 0.229 e. The molecule has 3 rings (SSSR count). The molecule has 0 radical (unpaired) electrons. The van der Waals surface area contributed by atoms with Gasteiger partial charge in [-0.2, -0.15) is 0 Å². The number of benzene rings is 2. The summed E-state index contributed by atoms with van der Waals surface area (Å²) in [6.07, 6.45) is 1.18. The van der Waals surface area contributed by atoms with Crippen LogP contribution >= 0.6 is 0 Å². The van der Waals surface area contributed by atoms with Crippen molar-refractivity contribution >= 4 is 17.5 Å². The van der Waals surface area contributed by atoms with Crippen LogP contribution in [0, 0.1) is 5.92 Å². The zero-order valence-corrected chi connectivity index (χ0v) is 15.9. The Morgan fingerprint density at radius 1 is 1.15 bits per heavy atom.